The molecule has 1 atom stereocenters. The lowest BCUT2D eigenvalue weighted by Crippen LogP contribution is -2.20. The van der Waals surface area contributed by atoms with E-state index < -0.39 is 25.6 Å². The van der Waals surface area contributed by atoms with Gasteiger partial charge >= 0.3 is 13.6 Å². The lowest BCUT2D eigenvalue weighted by atomic mass is 10.0. The second-order valence-corrected chi connectivity index (χ2v) is 7.41. The molecule has 0 amide bonds. The molecule has 6 nitrogen and oxygen atoms in total. The molecular formula is C15H30NO5P. The van der Waals surface area contributed by atoms with Gasteiger partial charge in [0.1, 0.15) is 0 Å². The molecule has 0 aromatic rings. The lowest BCUT2D eigenvalue weighted by Gasteiger charge is -2.15. The summed E-state index contributed by atoms with van der Waals surface area (Å²) < 4.78 is 10.9. The molecule has 0 spiro atoms. The van der Waals surface area contributed by atoms with Crippen LogP contribution in [-0.4, -0.2) is 33.6 Å². The Morgan fingerprint density at radius 1 is 1.18 bits per heavy atom. The molecule has 0 radical (unpaired) electrons. The predicted octanol–water partition coefficient (Wildman–Crippen LogP) is 3.11. The Kier molecular flexibility index (Phi) is 11.2. The summed E-state index contributed by atoms with van der Waals surface area (Å²) in [4.78, 5) is 28.7. The number of hydrogen-bond donors (Lipinski definition) is 4. The van der Waals surface area contributed by atoms with Crippen LogP contribution in [0.25, 0.3) is 0 Å². The SMILES string of the molecule is C=C(CCC(CP(=O)(O)O)C(=O)O)NCCCCCCCC. The summed E-state index contributed by atoms with van der Waals surface area (Å²) >= 11 is 0. The second kappa shape index (κ2) is 11.7. The zero-order chi connectivity index (χ0) is 17.0. The van der Waals surface area contributed by atoms with Crippen LogP contribution in [0.5, 0.6) is 0 Å². The fourth-order valence-electron chi connectivity index (χ4n) is 2.19. The quantitative estimate of drug-likeness (QED) is 0.287. The topological polar surface area (TPSA) is 107 Å². The first kappa shape index (κ1) is 21.2. The van der Waals surface area contributed by atoms with Crippen molar-refractivity contribution in [3.63, 3.8) is 0 Å². The minimum Gasteiger partial charge on any atom is -0.481 e. The molecule has 0 fully saturated rings. The van der Waals surface area contributed by atoms with E-state index >= 15 is 0 Å². The Labute approximate surface area is 133 Å². The number of unbranched alkanes of at least 4 members (excludes halogenated alkanes) is 5. The summed E-state index contributed by atoms with van der Waals surface area (Å²) in [6, 6.07) is 0. The zero-order valence-electron chi connectivity index (χ0n) is 13.5. The zero-order valence-corrected chi connectivity index (χ0v) is 14.4. The number of nitrogens with one attached hydrogen (secondary N) is 1. The van der Waals surface area contributed by atoms with Crippen LogP contribution < -0.4 is 5.32 Å². The largest absolute Gasteiger partial charge is 0.481 e. The highest BCUT2D eigenvalue weighted by Crippen LogP contribution is 2.38. The van der Waals surface area contributed by atoms with Crippen LogP contribution in [0.4, 0.5) is 0 Å². The molecule has 130 valence electrons. The third-order valence-electron chi connectivity index (χ3n) is 3.51. The van der Waals surface area contributed by atoms with Crippen molar-refractivity contribution >= 4 is 13.6 Å². The second-order valence-electron chi connectivity index (χ2n) is 5.72. The minimum absolute atomic E-state index is 0.183. The predicted molar refractivity (Wildman–Crippen MR) is 87.8 cm³/mol. The van der Waals surface area contributed by atoms with Crippen LogP contribution in [0.15, 0.2) is 12.3 Å². The van der Waals surface area contributed by atoms with E-state index in [1.165, 1.54) is 25.7 Å². The van der Waals surface area contributed by atoms with Gasteiger partial charge in [-0.05, 0) is 19.3 Å². The van der Waals surface area contributed by atoms with Gasteiger partial charge in [-0.2, -0.15) is 0 Å². The fourth-order valence-corrected chi connectivity index (χ4v) is 3.10. The molecule has 4 N–H and O–H groups in total. The van der Waals surface area contributed by atoms with Gasteiger partial charge in [-0.25, -0.2) is 0 Å². The van der Waals surface area contributed by atoms with Crippen molar-refractivity contribution in [2.75, 3.05) is 12.7 Å². The van der Waals surface area contributed by atoms with Gasteiger partial charge < -0.3 is 20.2 Å². The number of rotatable bonds is 14. The van der Waals surface area contributed by atoms with Gasteiger partial charge in [0, 0.05) is 12.2 Å². The highest BCUT2D eigenvalue weighted by Gasteiger charge is 2.26. The number of carboxylic acids is 1. The highest BCUT2D eigenvalue weighted by atomic mass is 31.2. The third-order valence-corrected chi connectivity index (χ3v) is 4.42. The molecule has 7 heteroatoms. The summed E-state index contributed by atoms with van der Waals surface area (Å²) in [7, 11) is -4.31. The lowest BCUT2D eigenvalue weighted by molar-refractivity contribution is -0.141. The standard InChI is InChI=1S/C15H30NO5P/c1-3-4-5-6-7-8-11-16-13(2)9-10-14(15(17)18)12-22(19,20)21/h14,16H,2-12H2,1H3,(H,17,18)(H2,19,20,21). The van der Waals surface area contributed by atoms with Crippen molar-refractivity contribution in [1.82, 2.24) is 5.32 Å². The Morgan fingerprint density at radius 2 is 1.77 bits per heavy atom. The molecular weight excluding hydrogens is 305 g/mol. The Bertz CT molecular complexity index is 380. The number of aliphatic carboxylic acids is 1. The third kappa shape index (κ3) is 12.9. The van der Waals surface area contributed by atoms with E-state index in [0.29, 0.717) is 6.42 Å². The summed E-state index contributed by atoms with van der Waals surface area (Å²) in [5.41, 5.74) is 0.727. The fraction of sp³-hybridized carbons (Fsp3) is 0.800. The summed E-state index contributed by atoms with van der Waals surface area (Å²) in [6.45, 7) is 6.82. The van der Waals surface area contributed by atoms with Gasteiger partial charge in [0.2, 0.25) is 0 Å². The van der Waals surface area contributed by atoms with E-state index in [4.69, 9.17) is 14.9 Å². The van der Waals surface area contributed by atoms with Crippen LogP contribution in [0.1, 0.15) is 58.3 Å². The number of hydrogen-bond acceptors (Lipinski definition) is 3. The molecule has 0 bridgehead atoms. The van der Waals surface area contributed by atoms with Gasteiger partial charge in [-0.1, -0.05) is 45.6 Å². The first-order valence-corrected chi connectivity index (χ1v) is 9.75. The maximum Gasteiger partial charge on any atom is 0.326 e. The number of carboxylic acid groups (broad SMARTS) is 1. The summed E-state index contributed by atoms with van der Waals surface area (Å²) in [6.07, 6.45) is 7.18. The molecule has 0 aromatic carbocycles. The maximum absolute atomic E-state index is 11.0. The van der Waals surface area contributed by atoms with Gasteiger partial charge in [-0.3, -0.25) is 9.36 Å². The van der Waals surface area contributed by atoms with E-state index in [1.54, 1.807) is 0 Å². The van der Waals surface area contributed by atoms with E-state index in [1.807, 2.05) is 0 Å². The average Bonchev–Trinajstić information content (AvgIpc) is 2.41. The van der Waals surface area contributed by atoms with Crippen LogP contribution in [0.2, 0.25) is 0 Å². The first-order chi connectivity index (χ1) is 10.3. The number of allylic oxidation sites excluding steroid dienone is 1. The molecule has 0 saturated carbocycles. The molecule has 0 heterocycles. The Morgan fingerprint density at radius 3 is 2.32 bits per heavy atom. The summed E-state index contributed by atoms with van der Waals surface area (Å²) in [5.74, 6) is -2.21. The van der Waals surface area contributed by atoms with Crippen LogP contribution >= 0.6 is 7.60 Å². The molecule has 0 aliphatic rings. The molecule has 22 heavy (non-hydrogen) atoms. The highest BCUT2D eigenvalue weighted by molar-refractivity contribution is 7.51. The van der Waals surface area contributed by atoms with Crippen LogP contribution in [0, 0.1) is 5.92 Å². The Hall–Kier alpha value is -0.840. The molecule has 0 rings (SSSR count). The minimum atomic E-state index is -4.31. The van der Waals surface area contributed by atoms with Crippen molar-refractivity contribution in [2.24, 2.45) is 5.92 Å². The van der Waals surface area contributed by atoms with E-state index in [9.17, 15) is 9.36 Å². The van der Waals surface area contributed by atoms with Crippen molar-refractivity contribution in [3.8, 4) is 0 Å². The van der Waals surface area contributed by atoms with Gasteiger partial charge in [-0.15, -0.1) is 0 Å². The summed E-state index contributed by atoms with van der Waals surface area (Å²) in [5, 5.41) is 12.1. The number of carbonyl (C=O) groups is 1. The normalized spacial score (nSPS) is 12.9. The van der Waals surface area contributed by atoms with E-state index in [0.717, 1.165) is 25.1 Å². The van der Waals surface area contributed by atoms with Crippen molar-refractivity contribution in [1.29, 1.82) is 0 Å². The van der Waals surface area contributed by atoms with E-state index in [2.05, 4.69) is 18.8 Å². The molecule has 0 saturated heterocycles. The van der Waals surface area contributed by atoms with Gasteiger partial charge in [0.15, 0.2) is 0 Å². The van der Waals surface area contributed by atoms with Crippen molar-refractivity contribution in [2.45, 2.75) is 58.3 Å². The van der Waals surface area contributed by atoms with Crippen molar-refractivity contribution < 1.29 is 24.3 Å². The van der Waals surface area contributed by atoms with Gasteiger partial charge in [0.25, 0.3) is 0 Å². The monoisotopic (exact) mass is 335 g/mol. The van der Waals surface area contributed by atoms with Crippen LogP contribution in [-0.2, 0) is 9.36 Å². The smallest absolute Gasteiger partial charge is 0.326 e. The van der Waals surface area contributed by atoms with Gasteiger partial charge in [0.05, 0.1) is 12.1 Å². The molecule has 0 aliphatic carbocycles. The van der Waals surface area contributed by atoms with Crippen LogP contribution in [0.3, 0.4) is 0 Å². The van der Waals surface area contributed by atoms with E-state index in [-0.39, 0.29) is 6.42 Å². The maximum atomic E-state index is 11.0. The first-order valence-electron chi connectivity index (χ1n) is 7.95. The molecule has 1 unspecified atom stereocenters. The van der Waals surface area contributed by atoms with Crippen molar-refractivity contribution in [3.05, 3.63) is 12.3 Å². The average molecular weight is 335 g/mol. The molecule has 0 aromatic heterocycles. The molecule has 0 aliphatic heterocycles. The Balaban J connectivity index is 3.82.